The van der Waals surface area contributed by atoms with Crippen LogP contribution in [0.15, 0.2) is 44.4 Å². The highest BCUT2D eigenvalue weighted by molar-refractivity contribution is 9.10. The average molecular weight is 377 g/mol. The van der Waals surface area contributed by atoms with Gasteiger partial charge in [-0.05, 0) is 51.6 Å². The fraction of sp³-hybridized carbons (Fsp3) is 0. The number of nitrogens with two attached hydrogens (primary N) is 1. The second kappa shape index (κ2) is 5.58. The average Bonchev–Trinajstić information content (AvgIpc) is 2.76. The van der Waals surface area contributed by atoms with Gasteiger partial charge in [0.05, 0.1) is 0 Å². The van der Waals surface area contributed by atoms with E-state index in [4.69, 9.17) is 18.0 Å². The van der Waals surface area contributed by atoms with Gasteiger partial charge in [-0.1, -0.05) is 12.2 Å². The number of thiophene rings is 1. The summed E-state index contributed by atoms with van der Waals surface area (Å²) in [6.45, 7) is 0. The number of hydrogen-bond donors (Lipinski definition) is 2. The molecule has 2 rings (SSSR count). The van der Waals surface area contributed by atoms with Crippen molar-refractivity contribution >= 4 is 60.2 Å². The second-order valence-electron chi connectivity index (χ2n) is 3.60. The van der Waals surface area contributed by atoms with Crippen LogP contribution >= 0.6 is 39.5 Å². The van der Waals surface area contributed by atoms with Crippen LogP contribution in [0.5, 0.6) is 0 Å². The van der Waals surface area contributed by atoms with Crippen LogP contribution in [0.3, 0.4) is 0 Å². The van der Waals surface area contributed by atoms with Crippen LogP contribution in [0.4, 0.5) is 5.69 Å². The first-order valence-corrected chi connectivity index (χ1v) is 8.62. The highest BCUT2D eigenvalue weighted by atomic mass is 79.9. The molecular weight excluding hydrogens is 368 g/mol. The van der Waals surface area contributed by atoms with E-state index in [1.165, 1.54) is 0 Å². The quantitative estimate of drug-likeness (QED) is 0.804. The van der Waals surface area contributed by atoms with Crippen LogP contribution in [0.25, 0.3) is 0 Å². The molecule has 0 radical (unpaired) electrons. The normalized spacial score (nSPS) is 11.2. The SMILES string of the molecule is NC(=S)c1ccc(NS(=O)(=O)c2sccc2Br)cc1. The molecule has 0 saturated heterocycles. The maximum absolute atomic E-state index is 12.1. The topological polar surface area (TPSA) is 72.2 Å². The Hall–Kier alpha value is -0.960. The fourth-order valence-electron chi connectivity index (χ4n) is 1.38. The van der Waals surface area contributed by atoms with Crippen molar-refractivity contribution in [1.82, 2.24) is 0 Å². The van der Waals surface area contributed by atoms with Crippen LogP contribution in [0.1, 0.15) is 5.56 Å². The fourth-order valence-corrected chi connectivity index (χ4v) is 4.91. The van der Waals surface area contributed by atoms with Crippen LogP contribution in [0, 0.1) is 0 Å². The van der Waals surface area contributed by atoms with Crippen LogP contribution in [-0.4, -0.2) is 13.4 Å². The van der Waals surface area contributed by atoms with Crippen LogP contribution < -0.4 is 10.5 Å². The Morgan fingerprint density at radius 1 is 1.26 bits per heavy atom. The minimum absolute atomic E-state index is 0.242. The standard InChI is InChI=1S/C11H9BrN2O2S3/c12-9-5-6-18-11(9)19(15,16)14-8-3-1-7(2-4-8)10(13)17/h1-6,14H,(H2,13,17). The van der Waals surface area contributed by atoms with E-state index in [1.807, 2.05) is 0 Å². The zero-order valence-corrected chi connectivity index (χ0v) is 13.5. The molecule has 0 aliphatic carbocycles. The predicted octanol–water partition coefficient (Wildman–Crippen LogP) is 2.95. The lowest BCUT2D eigenvalue weighted by Gasteiger charge is -2.07. The van der Waals surface area contributed by atoms with Gasteiger partial charge in [0.1, 0.15) is 4.99 Å². The molecule has 0 atom stereocenters. The summed E-state index contributed by atoms with van der Waals surface area (Å²) in [7, 11) is -3.58. The van der Waals surface area contributed by atoms with Crippen LogP contribution in [-0.2, 0) is 10.0 Å². The Balaban J connectivity index is 2.26. The van der Waals surface area contributed by atoms with Gasteiger partial charge in [0, 0.05) is 15.7 Å². The van der Waals surface area contributed by atoms with Crippen molar-refractivity contribution in [3.05, 3.63) is 45.7 Å². The molecule has 3 N–H and O–H groups in total. The molecule has 1 heterocycles. The van der Waals surface area contributed by atoms with E-state index < -0.39 is 10.0 Å². The van der Waals surface area contributed by atoms with E-state index in [0.29, 0.717) is 15.7 Å². The third-order valence-corrected chi connectivity index (χ3v) is 6.54. The van der Waals surface area contributed by atoms with Gasteiger partial charge in [-0.15, -0.1) is 11.3 Å². The third kappa shape index (κ3) is 3.33. The van der Waals surface area contributed by atoms with E-state index in [0.717, 1.165) is 11.3 Å². The zero-order valence-electron chi connectivity index (χ0n) is 9.46. The minimum atomic E-state index is -3.58. The molecule has 0 bridgehead atoms. The molecule has 0 amide bonds. The van der Waals surface area contributed by atoms with Gasteiger partial charge in [-0.25, -0.2) is 8.42 Å². The monoisotopic (exact) mass is 376 g/mol. The molecule has 8 heteroatoms. The first-order valence-electron chi connectivity index (χ1n) is 5.06. The van der Waals surface area contributed by atoms with Gasteiger partial charge in [-0.3, -0.25) is 4.72 Å². The van der Waals surface area contributed by atoms with Crippen molar-refractivity contribution in [3.8, 4) is 0 Å². The summed E-state index contributed by atoms with van der Waals surface area (Å²) in [5, 5.41) is 1.70. The first-order chi connectivity index (χ1) is 8.90. The Labute approximate surface area is 128 Å². The number of rotatable bonds is 4. The van der Waals surface area contributed by atoms with Crippen molar-refractivity contribution in [2.75, 3.05) is 4.72 Å². The maximum Gasteiger partial charge on any atom is 0.272 e. The van der Waals surface area contributed by atoms with Crippen molar-refractivity contribution in [2.24, 2.45) is 5.73 Å². The number of anilines is 1. The smallest absolute Gasteiger partial charge is 0.272 e. The molecule has 0 aliphatic heterocycles. The van der Waals surface area contributed by atoms with E-state index in [-0.39, 0.29) is 9.20 Å². The summed E-state index contributed by atoms with van der Waals surface area (Å²) >= 11 is 9.18. The van der Waals surface area contributed by atoms with Gasteiger partial charge >= 0.3 is 0 Å². The van der Waals surface area contributed by atoms with Crippen molar-refractivity contribution in [1.29, 1.82) is 0 Å². The molecule has 0 spiro atoms. The van der Waals surface area contributed by atoms with E-state index >= 15 is 0 Å². The number of halogens is 1. The highest BCUT2D eigenvalue weighted by Gasteiger charge is 2.19. The predicted molar refractivity (Wildman–Crippen MR) is 85.2 cm³/mol. The molecule has 0 unspecified atom stereocenters. The van der Waals surface area contributed by atoms with Gasteiger partial charge in [-0.2, -0.15) is 0 Å². The van der Waals surface area contributed by atoms with E-state index in [9.17, 15) is 8.42 Å². The second-order valence-corrected chi connectivity index (χ2v) is 7.69. The summed E-state index contributed by atoms with van der Waals surface area (Å²) < 4.78 is 27.5. The maximum atomic E-state index is 12.1. The summed E-state index contributed by atoms with van der Waals surface area (Å²) in [4.78, 5) is 0.274. The highest BCUT2D eigenvalue weighted by Crippen LogP contribution is 2.29. The molecule has 19 heavy (non-hydrogen) atoms. The number of benzene rings is 1. The van der Waals surface area contributed by atoms with Crippen molar-refractivity contribution in [2.45, 2.75) is 4.21 Å². The van der Waals surface area contributed by atoms with Gasteiger partial charge < -0.3 is 5.73 Å². The lowest BCUT2D eigenvalue weighted by Crippen LogP contribution is -2.13. The van der Waals surface area contributed by atoms with Gasteiger partial charge in [0.25, 0.3) is 10.0 Å². The number of sulfonamides is 1. The van der Waals surface area contributed by atoms with Crippen molar-refractivity contribution < 1.29 is 8.42 Å². The summed E-state index contributed by atoms with van der Waals surface area (Å²) in [5.74, 6) is 0. The molecule has 0 fully saturated rings. The molecule has 1 aromatic carbocycles. The lowest BCUT2D eigenvalue weighted by molar-refractivity contribution is 0.603. The number of thiocarbonyl (C=S) groups is 1. The molecular formula is C11H9BrN2O2S3. The summed E-state index contributed by atoms with van der Waals surface area (Å²) in [6, 6.07) is 8.27. The van der Waals surface area contributed by atoms with Gasteiger partial charge in [0.2, 0.25) is 0 Å². The van der Waals surface area contributed by atoms with E-state index in [1.54, 1.807) is 35.7 Å². The largest absolute Gasteiger partial charge is 0.389 e. The molecule has 1 aromatic heterocycles. The molecule has 100 valence electrons. The minimum Gasteiger partial charge on any atom is -0.389 e. The molecule has 0 aliphatic rings. The lowest BCUT2D eigenvalue weighted by atomic mass is 10.2. The molecule has 0 saturated carbocycles. The Morgan fingerprint density at radius 2 is 1.89 bits per heavy atom. The summed E-state index contributed by atoms with van der Waals surface area (Å²) in [6.07, 6.45) is 0. The summed E-state index contributed by atoms with van der Waals surface area (Å²) in [5.41, 5.74) is 6.63. The number of hydrogen-bond acceptors (Lipinski definition) is 4. The van der Waals surface area contributed by atoms with Gasteiger partial charge in [0.15, 0.2) is 4.21 Å². The van der Waals surface area contributed by atoms with Crippen LogP contribution in [0.2, 0.25) is 0 Å². The molecule has 4 nitrogen and oxygen atoms in total. The first kappa shape index (κ1) is 14.4. The Morgan fingerprint density at radius 3 is 2.37 bits per heavy atom. The van der Waals surface area contributed by atoms with Crippen molar-refractivity contribution in [3.63, 3.8) is 0 Å². The Bertz CT molecular complexity index is 708. The Kier molecular flexibility index (Phi) is 4.24. The number of nitrogens with one attached hydrogen (secondary N) is 1. The van der Waals surface area contributed by atoms with E-state index in [2.05, 4.69) is 20.7 Å². The zero-order chi connectivity index (χ0) is 14.0. The third-order valence-electron chi connectivity index (χ3n) is 2.25. The molecule has 2 aromatic rings.